The Morgan fingerprint density at radius 2 is 2.20 bits per heavy atom. The third-order valence-electron chi connectivity index (χ3n) is 2.51. The lowest BCUT2D eigenvalue weighted by molar-refractivity contribution is 0.865. The van der Waals surface area contributed by atoms with Crippen molar-refractivity contribution in [1.82, 2.24) is 9.38 Å². The van der Waals surface area contributed by atoms with E-state index in [0.29, 0.717) is 0 Å². The van der Waals surface area contributed by atoms with Gasteiger partial charge in [0.25, 0.3) is 5.56 Å². The van der Waals surface area contributed by atoms with Gasteiger partial charge in [-0.15, -0.1) is 0 Å². The number of rotatable bonds is 2. The predicted molar refractivity (Wildman–Crippen MR) is 60.2 cm³/mol. The molecular weight excluding hydrogens is 188 g/mol. The first-order chi connectivity index (χ1) is 7.24. The molecule has 0 amide bonds. The first-order valence-corrected chi connectivity index (χ1v) is 5.20. The molecule has 0 spiro atoms. The van der Waals surface area contributed by atoms with Gasteiger partial charge in [0.05, 0.1) is 0 Å². The first-order valence-electron chi connectivity index (χ1n) is 5.20. The normalized spacial score (nSPS) is 10.8. The van der Waals surface area contributed by atoms with E-state index in [4.69, 9.17) is 0 Å². The molecule has 0 aliphatic heterocycles. The van der Waals surface area contributed by atoms with Gasteiger partial charge in [0, 0.05) is 17.5 Å². The van der Waals surface area contributed by atoms with E-state index in [1.165, 1.54) is 0 Å². The van der Waals surface area contributed by atoms with Crippen LogP contribution in [0, 0.1) is 6.92 Å². The Kier molecular flexibility index (Phi) is 2.54. The Morgan fingerprint density at radius 1 is 1.40 bits per heavy atom. The quantitative estimate of drug-likeness (QED) is 0.746. The molecule has 78 valence electrons. The number of hydrogen-bond donors (Lipinski definition) is 0. The molecule has 2 aromatic heterocycles. The summed E-state index contributed by atoms with van der Waals surface area (Å²) in [6.07, 6.45) is 3.46. The highest BCUT2D eigenvalue weighted by molar-refractivity contribution is 5.39. The van der Waals surface area contributed by atoms with E-state index >= 15 is 0 Å². The second-order valence-electron chi connectivity index (χ2n) is 3.70. The molecule has 2 aromatic rings. The van der Waals surface area contributed by atoms with Crippen molar-refractivity contribution in [3.8, 4) is 0 Å². The van der Waals surface area contributed by atoms with Crippen LogP contribution >= 0.6 is 0 Å². The maximum absolute atomic E-state index is 12.1. The van der Waals surface area contributed by atoms with Crippen LogP contribution < -0.4 is 5.56 Å². The summed E-state index contributed by atoms with van der Waals surface area (Å²) in [7, 11) is 0. The molecule has 0 aliphatic rings. The Morgan fingerprint density at radius 3 is 2.93 bits per heavy atom. The molecule has 15 heavy (non-hydrogen) atoms. The fourth-order valence-corrected chi connectivity index (χ4v) is 1.75. The lowest BCUT2D eigenvalue weighted by Crippen LogP contribution is -2.20. The van der Waals surface area contributed by atoms with Crippen LogP contribution in [0.25, 0.3) is 5.65 Å². The molecule has 2 heterocycles. The van der Waals surface area contributed by atoms with Gasteiger partial charge in [0.15, 0.2) is 0 Å². The van der Waals surface area contributed by atoms with Crippen LogP contribution in [-0.2, 0) is 6.42 Å². The van der Waals surface area contributed by atoms with Crippen LogP contribution in [0.15, 0.2) is 29.2 Å². The van der Waals surface area contributed by atoms with Crippen LogP contribution in [0.5, 0.6) is 0 Å². The number of nitrogens with zero attached hydrogens (tertiary/aromatic N) is 2. The molecule has 3 heteroatoms. The summed E-state index contributed by atoms with van der Waals surface area (Å²) in [5, 5.41) is 0. The molecule has 3 nitrogen and oxygen atoms in total. The molecule has 0 saturated heterocycles. The second-order valence-corrected chi connectivity index (χ2v) is 3.70. The Balaban J connectivity index is 2.77. The predicted octanol–water partition coefficient (Wildman–Crippen LogP) is 1.96. The molecular formula is C12H14N2O. The van der Waals surface area contributed by atoms with Crippen LogP contribution in [0.3, 0.4) is 0 Å². The van der Waals surface area contributed by atoms with E-state index < -0.39 is 0 Å². The van der Waals surface area contributed by atoms with Crippen LogP contribution in [0.4, 0.5) is 0 Å². The highest BCUT2D eigenvalue weighted by Crippen LogP contribution is 2.03. The number of aryl methyl sites for hydroxylation is 2. The molecule has 0 fully saturated rings. The van der Waals surface area contributed by atoms with Crippen molar-refractivity contribution in [2.45, 2.75) is 26.7 Å². The average molecular weight is 202 g/mol. The number of hydrogen-bond acceptors (Lipinski definition) is 2. The van der Waals surface area contributed by atoms with Crippen LogP contribution in [0.1, 0.15) is 24.6 Å². The van der Waals surface area contributed by atoms with E-state index in [2.05, 4.69) is 11.9 Å². The van der Waals surface area contributed by atoms with E-state index in [1.807, 2.05) is 25.1 Å². The van der Waals surface area contributed by atoms with Crippen LogP contribution in [0.2, 0.25) is 0 Å². The highest BCUT2D eigenvalue weighted by atomic mass is 16.1. The molecule has 0 radical (unpaired) electrons. The molecule has 0 bridgehead atoms. The zero-order chi connectivity index (χ0) is 10.8. The molecule has 0 saturated carbocycles. The number of fused-ring (bicyclic) bond motifs is 1. The smallest absolute Gasteiger partial charge is 0.261 e. The minimum Gasteiger partial charge on any atom is -0.269 e. The SMILES string of the molecule is CCCc1cnc2cccc(C)n2c1=O. The van der Waals surface area contributed by atoms with Gasteiger partial charge in [-0.2, -0.15) is 0 Å². The number of aromatic nitrogens is 2. The Hall–Kier alpha value is -1.64. The fraction of sp³-hybridized carbons (Fsp3) is 0.333. The summed E-state index contributed by atoms with van der Waals surface area (Å²) >= 11 is 0. The van der Waals surface area contributed by atoms with Gasteiger partial charge in [-0.05, 0) is 25.5 Å². The summed E-state index contributed by atoms with van der Waals surface area (Å²) in [4.78, 5) is 16.3. The molecule has 0 N–H and O–H groups in total. The van der Waals surface area contributed by atoms with Gasteiger partial charge in [-0.1, -0.05) is 19.4 Å². The largest absolute Gasteiger partial charge is 0.269 e. The maximum atomic E-state index is 12.1. The standard InChI is InChI=1S/C12H14N2O/c1-3-5-10-8-13-11-7-4-6-9(2)14(11)12(10)15/h4,6-8H,3,5H2,1-2H3. The van der Waals surface area contributed by atoms with Crippen molar-refractivity contribution in [3.63, 3.8) is 0 Å². The van der Waals surface area contributed by atoms with E-state index in [1.54, 1.807) is 10.6 Å². The highest BCUT2D eigenvalue weighted by Gasteiger charge is 2.04. The van der Waals surface area contributed by atoms with Gasteiger partial charge in [-0.25, -0.2) is 4.98 Å². The van der Waals surface area contributed by atoms with Crippen molar-refractivity contribution in [3.05, 3.63) is 46.0 Å². The van der Waals surface area contributed by atoms with Gasteiger partial charge in [0.2, 0.25) is 0 Å². The van der Waals surface area contributed by atoms with Crippen molar-refractivity contribution in [1.29, 1.82) is 0 Å². The van der Waals surface area contributed by atoms with Gasteiger partial charge in [0.1, 0.15) is 5.65 Å². The fourth-order valence-electron chi connectivity index (χ4n) is 1.75. The molecule has 0 aliphatic carbocycles. The van der Waals surface area contributed by atoms with Gasteiger partial charge >= 0.3 is 0 Å². The second kappa shape index (κ2) is 3.85. The zero-order valence-electron chi connectivity index (χ0n) is 9.03. The third kappa shape index (κ3) is 1.65. The minimum atomic E-state index is 0.0694. The van der Waals surface area contributed by atoms with Gasteiger partial charge < -0.3 is 0 Å². The Bertz CT molecular complexity index is 543. The molecule has 0 atom stereocenters. The van der Waals surface area contributed by atoms with E-state index in [-0.39, 0.29) is 5.56 Å². The molecule has 2 rings (SSSR count). The third-order valence-corrected chi connectivity index (χ3v) is 2.51. The Labute approximate surface area is 88.4 Å². The van der Waals surface area contributed by atoms with Crippen molar-refractivity contribution < 1.29 is 0 Å². The average Bonchev–Trinajstić information content (AvgIpc) is 2.22. The van der Waals surface area contributed by atoms with Crippen molar-refractivity contribution in [2.75, 3.05) is 0 Å². The lowest BCUT2D eigenvalue weighted by atomic mass is 10.2. The van der Waals surface area contributed by atoms with Crippen LogP contribution in [-0.4, -0.2) is 9.38 Å². The summed E-state index contributed by atoms with van der Waals surface area (Å²) < 4.78 is 1.67. The number of pyridine rings is 1. The van der Waals surface area contributed by atoms with E-state index in [0.717, 1.165) is 29.7 Å². The summed E-state index contributed by atoms with van der Waals surface area (Å²) in [5.41, 5.74) is 2.52. The zero-order valence-corrected chi connectivity index (χ0v) is 9.03. The summed E-state index contributed by atoms with van der Waals surface area (Å²) in [5.74, 6) is 0. The lowest BCUT2D eigenvalue weighted by Gasteiger charge is -2.05. The topological polar surface area (TPSA) is 34.4 Å². The monoisotopic (exact) mass is 202 g/mol. The molecule has 0 unspecified atom stereocenters. The summed E-state index contributed by atoms with van der Waals surface area (Å²) in [6, 6.07) is 5.69. The van der Waals surface area contributed by atoms with Crippen molar-refractivity contribution >= 4 is 5.65 Å². The summed E-state index contributed by atoms with van der Waals surface area (Å²) in [6.45, 7) is 3.98. The van der Waals surface area contributed by atoms with E-state index in [9.17, 15) is 4.79 Å². The maximum Gasteiger partial charge on any atom is 0.261 e. The minimum absolute atomic E-state index is 0.0694. The van der Waals surface area contributed by atoms with Crippen molar-refractivity contribution in [2.24, 2.45) is 0 Å². The van der Waals surface area contributed by atoms with Gasteiger partial charge in [-0.3, -0.25) is 9.20 Å². The first kappa shape index (κ1) is 9.90. The molecule has 0 aromatic carbocycles.